The Morgan fingerprint density at radius 2 is 2.25 bits per heavy atom. The lowest BCUT2D eigenvalue weighted by Gasteiger charge is -2.05. The lowest BCUT2D eigenvalue weighted by Crippen LogP contribution is -2.28. The van der Waals surface area contributed by atoms with Crippen molar-refractivity contribution in [3.8, 4) is 0 Å². The summed E-state index contributed by atoms with van der Waals surface area (Å²) in [6, 6.07) is 0.405. The van der Waals surface area contributed by atoms with Crippen LogP contribution in [0.2, 0.25) is 0 Å². The van der Waals surface area contributed by atoms with Gasteiger partial charge in [-0.2, -0.15) is 0 Å². The second-order valence-corrected chi connectivity index (χ2v) is 4.21. The molecule has 3 heteroatoms. The minimum Gasteiger partial charge on any atom is -0.353 e. The first-order valence-electron chi connectivity index (χ1n) is 4.56. The van der Waals surface area contributed by atoms with Gasteiger partial charge in [0.2, 0.25) is 5.91 Å². The highest BCUT2D eigenvalue weighted by Crippen LogP contribution is 2.44. The Hall–Kier alpha value is -0.570. The summed E-state index contributed by atoms with van der Waals surface area (Å²) in [7, 11) is 0. The molecule has 0 heterocycles. The van der Waals surface area contributed by atoms with E-state index in [0.29, 0.717) is 24.4 Å². The van der Waals surface area contributed by atoms with Gasteiger partial charge in [0.25, 0.3) is 0 Å². The van der Waals surface area contributed by atoms with E-state index < -0.39 is 0 Å². The van der Waals surface area contributed by atoms with Gasteiger partial charge in [-0.05, 0) is 24.8 Å². The van der Waals surface area contributed by atoms with Gasteiger partial charge in [0.15, 0.2) is 0 Å². The Morgan fingerprint density at radius 3 is 2.67 bits per heavy atom. The van der Waals surface area contributed by atoms with E-state index in [2.05, 4.69) is 19.2 Å². The summed E-state index contributed by atoms with van der Waals surface area (Å²) in [5, 5.41) is 2.98. The number of nitrogens with two attached hydrogens (primary N) is 1. The number of hydrogen-bond acceptors (Lipinski definition) is 2. The minimum atomic E-state index is 0.149. The number of carbonyl (C=O) groups excluding carboxylic acids is 1. The summed E-state index contributed by atoms with van der Waals surface area (Å²) >= 11 is 0. The fourth-order valence-corrected chi connectivity index (χ4v) is 1.24. The first-order valence-corrected chi connectivity index (χ1v) is 4.56. The van der Waals surface area contributed by atoms with Gasteiger partial charge in [-0.15, -0.1) is 0 Å². The molecule has 3 N–H and O–H groups in total. The maximum absolute atomic E-state index is 11.2. The monoisotopic (exact) mass is 170 g/mol. The van der Waals surface area contributed by atoms with Crippen molar-refractivity contribution in [3.63, 3.8) is 0 Å². The van der Waals surface area contributed by atoms with Crippen molar-refractivity contribution in [3.05, 3.63) is 0 Å². The summed E-state index contributed by atoms with van der Waals surface area (Å²) in [6.07, 6.45) is 2.48. The van der Waals surface area contributed by atoms with Crippen molar-refractivity contribution in [2.24, 2.45) is 11.1 Å². The summed E-state index contributed by atoms with van der Waals surface area (Å²) in [5.41, 5.74) is 5.63. The average Bonchev–Trinajstić information content (AvgIpc) is 2.54. The molecule has 3 nitrogen and oxygen atoms in total. The van der Waals surface area contributed by atoms with Crippen LogP contribution in [0.5, 0.6) is 0 Å². The second kappa shape index (κ2) is 3.44. The Balaban J connectivity index is 2.12. The quantitative estimate of drug-likeness (QED) is 0.650. The second-order valence-electron chi connectivity index (χ2n) is 4.21. The predicted molar refractivity (Wildman–Crippen MR) is 48.6 cm³/mol. The van der Waals surface area contributed by atoms with Crippen LogP contribution < -0.4 is 11.1 Å². The van der Waals surface area contributed by atoms with Crippen LogP contribution >= 0.6 is 0 Å². The van der Waals surface area contributed by atoms with Crippen LogP contribution in [0.15, 0.2) is 0 Å². The van der Waals surface area contributed by atoms with E-state index in [1.807, 2.05) is 0 Å². The standard InChI is InChI=1S/C9H18N2O/c1-9(2)6-7(9)11-8(12)4-3-5-10/h7H,3-6,10H2,1-2H3,(H,11,12). The van der Waals surface area contributed by atoms with E-state index in [1.54, 1.807) is 0 Å². The highest BCUT2D eigenvalue weighted by atomic mass is 16.1. The molecular formula is C9H18N2O. The SMILES string of the molecule is CC1(C)CC1NC(=O)CCCN. The molecule has 0 aromatic carbocycles. The van der Waals surface area contributed by atoms with E-state index in [-0.39, 0.29) is 5.91 Å². The molecule has 0 aromatic heterocycles. The summed E-state index contributed by atoms with van der Waals surface area (Å²) in [4.78, 5) is 11.2. The number of rotatable bonds is 4. The van der Waals surface area contributed by atoms with Crippen LogP contribution in [0.25, 0.3) is 0 Å². The van der Waals surface area contributed by atoms with Gasteiger partial charge in [-0.3, -0.25) is 4.79 Å². The molecule has 0 aromatic rings. The lowest BCUT2D eigenvalue weighted by molar-refractivity contribution is -0.121. The highest BCUT2D eigenvalue weighted by Gasteiger charge is 2.46. The van der Waals surface area contributed by atoms with Crippen LogP contribution in [-0.4, -0.2) is 18.5 Å². The van der Waals surface area contributed by atoms with Crippen molar-refractivity contribution < 1.29 is 4.79 Å². The van der Waals surface area contributed by atoms with E-state index in [9.17, 15) is 4.79 Å². The summed E-state index contributed by atoms with van der Waals surface area (Å²) < 4.78 is 0. The topological polar surface area (TPSA) is 55.1 Å². The predicted octanol–water partition coefficient (Wildman–Crippen LogP) is 0.640. The Labute approximate surface area is 73.7 Å². The van der Waals surface area contributed by atoms with Gasteiger partial charge in [-0.1, -0.05) is 13.8 Å². The number of amides is 1. The minimum absolute atomic E-state index is 0.149. The number of carbonyl (C=O) groups is 1. The third-order valence-corrected chi connectivity index (χ3v) is 2.46. The third kappa shape index (κ3) is 2.48. The molecule has 12 heavy (non-hydrogen) atoms. The molecule has 1 fully saturated rings. The molecular weight excluding hydrogens is 152 g/mol. The van der Waals surface area contributed by atoms with Gasteiger partial charge in [0.1, 0.15) is 0 Å². The molecule has 0 spiro atoms. The fourth-order valence-electron chi connectivity index (χ4n) is 1.24. The molecule has 1 aliphatic rings. The van der Waals surface area contributed by atoms with Crippen LogP contribution in [0.1, 0.15) is 33.1 Å². The molecule has 0 aliphatic heterocycles. The fraction of sp³-hybridized carbons (Fsp3) is 0.889. The normalized spacial score (nSPS) is 25.1. The Bertz CT molecular complexity index is 177. The largest absolute Gasteiger partial charge is 0.353 e. The summed E-state index contributed by atoms with van der Waals surface area (Å²) in [5.74, 6) is 0.149. The zero-order valence-corrected chi connectivity index (χ0v) is 7.89. The summed E-state index contributed by atoms with van der Waals surface area (Å²) in [6.45, 7) is 4.93. The number of nitrogens with one attached hydrogen (secondary N) is 1. The molecule has 0 saturated heterocycles. The molecule has 0 bridgehead atoms. The molecule has 1 rings (SSSR count). The molecule has 1 unspecified atom stereocenters. The molecule has 70 valence electrons. The van der Waals surface area contributed by atoms with Crippen molar-refractivity contribution >= 4 is 5.91 Å². The smallest absolute Gasteiger partial charge is 0.220 e. The first kappa shape index (κ1) is 9.52. The van der Waals surface area contributed by atoms with Crippen LogP contribution in [0.4, 0.5) is 0 Å². The van der Waals surface area contributed by atoms with E-state index in [4.69, 9.17) is 5.73 Å². The van der Waals surface area contributed by atoms with Gasteiger partial charge in [0.05, 0.1) is 0 Å². The van der Waals surface area contributed by atoms with Crippen LogP contribution in [0, 0.1) is 5.41 Å². The number of hydrogen-bond donors (Lipinski definition) is 2. The van der Waals surface area contributed by atoms with Crippen molar-refractivity contribution in [2.45, 2.75) is 39.2 Å². The van der Waals surface area contributed by atoms with Gasteiger partial charge in [0, 0.05) is 12.5 Å². The van der Waals surface area contributed by atoms with Gasteiger partial charge < -0.3 is 11.1 Å². The van der Waals surface area contributed by atoms with E-state index in [1.165, 1.54) is 0 Å². The molecule has 1 saturated carbocycles. The highest BCUT2D eigenvalue weighted by molar-refractivity contribution is 5.76. The van der Waals surface area contributed by atoms with Gasteiger partial charge >= 0.3 is 0 Å². The molecule has 1 atom stereocenters. The maximum atomic E-state index is 11.2. The van der Waals surface area contributed by atoms with Crippen molar-refractivity contribution in [2.75, 3.05) is 6.54 Å². The third-order valence-electron chi connectivity index (χ3n) is 2.46. The molecule has 0 radical (unpaired) electrons. The van der Waals surface area contributed by atoms with Gasteiger partial charge in [-0.25, -0.2) is 0 Å². The molecule has 1 amide bonds. The van der Waals surface area contributed by atoms with Crippen molar-refractivity contribution in [1.82, 2.24) is 5.32 Å². The van der Waals surface area contributed by atoms with Crippen LogP contribution in [0.3, 0.4) is 0 Å². The first-order chi connectivity index (χ1) is 5.56. The van der Waals surface area contributed by atoms with E-state index in [0.717, 1.165) is 12.8 Å². The Morgan fingerprint density at radius 1 is 1.67 bits per heavy atom. The maximum Gasteiger partial charge on any atom is 0.220 e. The van der Waals surface area contributed by atoms with Crippen LogP contribution in [-0.2, 0) is 4.79 Å². The zero-order valence-electron chi connectivity index (χ0n) is 7.89. The molecule has 1 aliphatic carbocycles. The Kier molecular flexibility index (Phi) is 2.73. The van der Waals surface area contributed by atoms with Crippen molar-refractivity contribution in [1.29, 1.82) is 0 Å². The lowest BCUT2D eigenvalue weighted by atomic mass is 10.2. The zero-order chi connectivity index (χ0) is 9.19. The average molecular weight is 170 g/mol. The van der Waals surface area contributed by atoms with E-state index >= 15 is 0 Å².